The second kappa shape index (κ2) is 7.84. The largest absolute Gasteiger partial charge is 0.280 e. The number of carbonyl (C=O) groups is 1. The van der Waals surface area contributed by atoms with Crippen molar-refractivity contribution in [2.75, 3.05) is 10.7 Å². The van der Waals surface area contributed by atoms with Crippen molar-refractivity contribution < 1.29 is 4.79 Å². The maximum absolute atomic E-state index is 12.9. The van der Waals surface area contributed by atoms with E-state index >= 15 is 0 Å². The van der Waals surface area contributed by atoms with Crippen molar-refractivity contribution in [2.45, 2.75) is 11.8 Å². The van der Waals surface area contributed by atoms with Crippen LogP contribution < -0.4 is 4.90 Å². The van der Waals surface area contributed by atoms with Crippen molar-refractivity contribution >= 4 is 29.0 Å². The Balaban J connectivity index is 1.80. The van der Waals surface area contributed by atoms with E-state index in [2.05, 4.69) is 31.2 Å². The minimum Gasteiger partial charge on any atom is -0.280 e. The number of amides is 1. The van der Waals surface area contributed by atoms with Crippen LogP contribution in [-0.2, 0) is 4.79 Å². The summed E-state index contributed by atoms with van der Waals surface area (Å²) in [4.78, 5) is 15.8. The molecule has 1 amide bonds. The first-order valence-electron chi connectivity index (χ1n) is 7.86. The van der Waals surface area contributed by atoms with Crippen molar-refractivity contribution in [3.05, 3.63) is 90.5 Å². The molecule has 120 valence electrons. The van der Waals surface area contributed by atoms with E-state index in [1.165, 1.54) is 5.56 Å². The quantitative estimate of drug-likeness (QED) is 0.579. The average Bonchev–Trinajstić information content (AvgIpc) is 2.63. The molecule has 3 aromatic rings. The molecule has 3 heteroatoms. The van der Waals surface area contributed by atoms with E-state index in [-0.39, 0.29) is 5.91 Å². The summed E-state index contributed by atoms with van der Waals surface area (Å²) in [6, 6.07) is 27.8. The zero-order chi connectivity index (χ0) is 16.8. The summed E-state index contributed by atoms with van der Waals surface area (Å²) in [5, 5.41) is 0. The summed E-state index contributed by atoms with van der Waals surface area (Å²) in [5.74, 6) is 0.463. The van der Waals surface area contributed by atoms with E-state index < -0.39 is 0 Å². The van der Waals surface area contributed by atoms with Gasteiger partial charge in [0, 0.05) is 16.3 Å². The molecular weight excluding hydrogens is 314 g/mol. The van der Waals surface area contributed by atoms with Gasteiger partial charge in [0.05, 0.1) is 5.75 Å². The minimum absolute atomic E-state index is 0.0676. The molecule has 0 aromatic heterocycles. The Bertz CT molecular complexity index is 746. The molecule has 2 nitrogen and oxygen atoms in total. The van der Waals surface area contributed by atoms with Crippen molar-refractivity contribution in [3.63, 3.8) is 0 Å². The molecule has 0 heterocycles. The molecule has 0 spiro atoms. The third-order valence-electron chi connectivity index (χ3n) is 3.66. The predicted molar refractivity (Wildman–Crippen MR) is 102 cm³/mol. The number of para-hydroxylation sites is 2. The van der Waals surface area contributed by atoms with Crippen LogP contribution in [0.15, 0.2) is 89.8 Å². The highest BCUT2D eigenvalue weighted by molar-refractivity contribution is 8.00. The maximum atomic E-state index is 12.9. The Morgan fingerprint density at radius 3 is 1.79 bits per heavy atom. The molecule has 0 aliphatic carbocycles. The van der Waals surface area contributed by atoms with E-state index in [1.54, 1.807) is 16.7 Å². The number of anilines is 2. The molecule has 0 radical (unpaired) electrons. The van der Waals surface area contributed by atoms with Gasteiger partial charge in [-0.3, -0.25) is 9.69 Å². The number of aryl methyl sites for hydroxylation is 1. The zero-order valence-electron chi connectivity index (χ0n) is 13.6. The standard InChI is InChI=1S/C21H19NOS/c1-17-12-14-20(15-13-17)24-16-21(23)22(18-8-4-2-5-9-18)19-10-6-3-7-11-19/h2-15H,16H2,1H3. The Kier molecular flexibility index (Phi) is 5.34. The van der Waals surface area contributed by atoms with Gasteiger partial charge in [-0.2, -0.15) is 0 Å². The number of nitrogens with zero attached hydrogens (tertiary/aromatic N) is 1. The average molecular weight is 333 g/mol. The summed E-state index contributed by atoms with van der Waals surface area (Å²) in [6.07, 6.45) is 0. The van der Waals surface area contributed by atoms with Gasteiger partial charge in [-0.15, -0.1) is 11.8 Å². The Morgan fingerprint density at radius 2 is 1.29 bits per heavy atom. The fourth-order valence-electron chi connectivity index (χ4n) is 2.44. The molecule has 0 fully saturated rings. The Morgan fingerprint density at radius 1 is 0.792 bits per heavy atom. The molecule has 0 aliphatic rings. The minimum atomic E-state index is 0.0676. The third kappa shape index (κ3) is 4.06. The van der Waals surface area contributed by atoms with Gasteiger partial charge >= 0.3 is 0 Å². The predicted octanol–water partition coefficient (Wildman–Crippen LogP) is 5.45. The van der Waals surface area contributed by atoms with E-state index in [0.717, 1.165) is 16.3 Å². The second-order valence-electron chi connectivity index (χ2n) is 5.50. The first-order valence-corrected chi connectivity index (χ1v) is 8.85. The van der Waals surface area contributed by atoms with Crippen LogP contribution in [0.4, 0.5) is 11.4 Å². The molecule has 0 unspecified atom stereocenters. The number of benzene rings is 3. The fraction of sp³-hybridized carbons (Fsp3) is 0.0952. The molecule has 0 aliphatic heterocycles. The zero-order valence-corrected chi connectivity index (χ0v) is 14.4. The van der Waals surface area contributed by atoms with Gasteiger partial charge in [-0.05, 0) is 43.3 Å². The number of thioether (sulfide) groups is 1. The van der Waals surface area contributed by atoms with Crippen LogP contribution >= 0.6 is 11.8 Å². The fourth-order valence-corrected chi connectivity index (χ4v) is 3.18. The molecule has 0 N–H and O–H groups in total. The van der Waals surface area contributed by atoms with E-state index in [0.29, 0.717) is 5.75 Å². The van der Waals surface area contributed by atoms with Gasteiger partial charge in [0.2, 0.25) is 5.91 Å². The molecule has 0 saturated carbocycles. The van der Waals surface area contributed by atoms with Crippen LogP contribution in [-0.4, -0.2) is 11.7 Å². The molecule has 0 saturated heterocycles. The Hall–Kier alpha value is -2.52. The molecule has 3 rings (SSSR count). The van der Waals surface area contributed by atoms with Gasteiger partial charge in [-0.1, -0.05) is 54.1 Å². The number of hydrogen-bond donors (Lipinski definition) is 0. The van der Waals surface area contributed by atoms with Gasteiger partial charge in [0.15, 0.2) is 0 Å². The topological polar surface area (TPSA) is 20.3 Å². The smallest absolute Gasteiger partial charge is 0.241 e. The first-order chi connectivity index (χ1) is 11.7. The highest BCUT2D eigenvalue weighted by Gasteiger charge is 2.17. The lowest BCUT2D eigenvalue weighted by Gasteiger charge is -2.23. The third-order valence-corrected chi connectivity index (χ3v) is 4.66. The summed E-state index contributed by atoms with van der Waals surface area (Å²) >= 11 is 1.56. The van der Waals surface area contributed by atoms with Crippen LogP contribution in [0.5, 0.6) is 0 Å². The maximum Gasteiger partial charge on any atom is 0.241 e. The van der Waals surface area contributed by atoms with Gasteiger partial charge in [-0.25, -0.2) is 0 Å². The van der Waals surface area contributed by atoms with Crippen molar-refractivity contribution in [3.8, 4) is 0 Å². The molecule has 0 bridgehead atoms. The highest BCUT2D eigenvalue weighted by atomic mass is 32.2. The van der Waals surface area contributed by atoms with E-state index in [4.69, 9.17) is 0 Å². The van der Waals surface area contributed by atoms with Crippen LogP contribution in [0.25, 0.3) is 0 Å². The van der Waals surface area contributed by atoms with Crippen LogP contribution in [0.3, 0.4) is 0 Å². The van der Waals surface area contributed by atoms with Gasteiger partial charge < -0.3 is 0 Å². The summed E-state index contributed by atoms with van der Waals surface area (Å²) in [6.45, 7) is 2.06. The summed E-state index contributed by atoms with van der Waals surface area (Å²) < 4.78 is 0. The highest BCUT2D eigenvalue weighted by Crippen LogP contribution is 2.27. The van der Waals surface area contributed by atoms with Crippen LogP contribution in [0.2, 0.25) is 0 Å². The Labute approximate surface area is 147 Å². The molecule has 0 atom stereocenters. The summed E-state index contributed by atoms with van der Waals surface area (Å²) in [5.41, 5.74) is 3.00. The van der Waals surface area contributed by atoms with Gasteiger partial charge in [0.1, 0.15) is 0 Å². The molecular formula is C21H19NOS. The number of hydrogen-bond acceptors (Lipinski definition) is 2. The molecule has 3 aromatic carbocycles. The van der Waals surface area contributed by atoms with Crippen LogP contribution in [0, 0.1) is 6.92 Å². The monoisotopic (exact) mass is 333 g/mol. The van der Waals surface area contributed by atoms with Crippen molar-refractivity contribution in [1.82, 2.24) is 0 Å². The van der Waals surface area contributed by atoms with E-state index in [9.17, 15) is 4.79 Å². The second-order valence-corrected chi connectivity index (χ2v) is 6.55. The number of rotatable bonds is 5. The van der Waals surface area contributed by atoms with Crippen LogP contribution in [0.1, 0.15) is 5.56 Å². The number of carbonyl (C=O) groups excluding carboxylic acids is 1. The summed E-state index contributed by atoms with van der Waals surface area (Å²) in [7, 11) is 0. The van der Waals surface area contributed by atoms with E-state index in [1.807, 2.05) is 60.7 Å². The SMILES string of the molecule is Cc1ccc(SCC(=O)N(c2ccccc2)c2ccccc2)cc1. The lowest BCUT2D eigenvalue weighted by molar-refractivity contribution is -0.115. The van der Waals surface area contributed by atoms with Gasteiger partial charge in [0.25, 0.3) is 0 Å². The first kappa shape index (κ1) is 16.3. The van der Waals surface area contributed by atoms with Crippen molar-refractivity contribution in [2.24, 2.45) is 0 Å². The molecule has 24 heavy (non-hydrogen) atoms. The lowest BCUT2D eigenvalue weighted by atomic mass is 10.2. The normalized spacial score (nSPS) is 10.4. The lowest BCUT2D eigenvalue weighted by Crippen LogP contribution is -2.27. The van der Waals surface area contributed by atoms with Crippen molar-refractivity contribution in [1.29, 1.82) is 0 Å².